The zero-order valence-electron chi connectivity index (χ0n) is 15.3. The van der Waals surface area contributed by atoms with Crippen molar-refractivity contribution in [3.8, 4) is 0 Å². The third kappa shape index (κ3) is 5.28. The van der Waals surface area contributed by atoms with Crippen molar-refractivity contribution in [3.63, 3.8) is 0 Å². The summed E-state index contributed by atoms with van der Waals surface area (Å²) in [5.41, 5.74) is 4.25. The number of ether oxygens (including phenoxy) is 1. The van der Waals surface area contributed by atoms with Gasteiger partial charge in [0.05, 0.1) is 0 Å². The smallest absolute Gasteiger partial charge is 0.331 e. The second-order valence-electron chi connectivity index (χ2n) is 6.23. The van der Waals surface area contributed by atoms with Gasteiger partial charge >= 0.3 is 5.97 Å². The molecule has 0 bridgehead atoms. The lowest BCUT2D eigenvalue weighted by Crippen LogP contribution is -2.30. The Morgan fingerprint density at radius 3 is 2.38 bits per heavy atom. The van der Waals surface area contributed by atoms with Crippen LogP contribution in [0, 0.1) is 26.6 Å². The van der Waals surface area contributed by atoms with E-state index in [1.54, 1.807) is 12.1 Å². The van der Waals surface area contributed by atoms with E-state index in [-0.39, 0.29) is 0 Å². The minimum absolute atomic E-state index is 0.392. The summed E-state index contributed by atoms with van der Waals surface area (Å²) >= 11 is 0. The second kappa shape index (κ2) is 8.43. The number of hydrogen-bond donors (Lipinski definition) is 1. The number of halogens is 1. The molecule has 2 rings (SSSR count). The molecule has 1 atom stereocenters. The number of esters is 1. The second-order valence-corrected chi connectivity index (χ2v) is 6.23. The van der Waals surface area contributed by atoms with Gasteiger partial charge in [0, 0.05) is 11.8 Å². The van der Waals surface area contributed by atoms with E-state index in [0.29, 0.717) is 5.56 Å². The lowest BCUT2D eigenvalue weighted by molar-refractivity contribution is -0.148. The van der Waals surface area contributed by atoms with Crippen molar-refractivity contribution in [1.82, 2.24) is 0 Å². The zero-order valence-corrected chi connectivity index (χ0v) is 15.3. The number of carbonyl (C=O) groups excluding carboxylic acids is 2. The molecule has 1 amide bonds. The van der Waals surface area contributed by atoms with Crippen LogP contribution in [0.15, 0.2) is 42.5 Å². The molecule has 0 saturated heterocycles. The van der Waals surface area contributed by atoms with Crippen LogP contribution in [0.25, 0.3) is 6.08 Å². The molecule has 0 aromatic heterocycles. The van der Waals surface area contributed by atoms with Gasteiger partial charge in [-0.3, -0.25) is 4.79 Å². The van der Waals surface area contributed by atoms with Gasteiger partial charge in [0.1, 0.15) is 5.82 Å². The lowest BCUT2D eigenvalue weighted by atomic mass is 10.0. The van der Waals surface area contributed by atoms with Crippen molar-refractivity contribution in [3.05, 3.63) is 70.5 Å². The van der Waals surface area contributed by atoms with Crippen LogP contribution < -0.4 is 5.32 Å². The third-order valence-corrected chi connectivity index (χ3v) is 3.85. The first-order valence-corrected chi connectivity index (χ1v) is 8.29. The number of rotatable bonds is 5. The van der Waals surface area contributed by atoms with Crippen LogP contribution in [-0.4, -0.2) is 18.0 Å². The summed E-state index contributed by atoms with van der Waals surface area (Å²) in [6.45, 7) is 7.31. The summed E-state index contributed by atoms with van der Waals surface area (Å²) in [4.78, 5) is 24.2. The SMILES string of the molecule is Cc1cc(C)c(NC(=O)[C@H](C)OC(=O)/C=C/c2cccc(F)c2)c(C)c1. The molecular weight excluding hydrogens is 333 g/mol. The van der Waals surface area contributed by atoms with Gasteiger partial charge < -0.3 is 10.1 Å². The Bertz CT molecular complexity index is 835. The van der Waals surface area contributed by atoms with Gasteiger partial charge in [-0.15, -0.1) is 0 Å². The van der Waals surface area contributed by atoms with Gasteiger partial charge in [0.2, 0.25) is 0 Å². The molecule has 4 nitrogen and oxygen atoms in total. The Kier molecular flexibility index (Phi) is 6.28. The molecule has 0 fully saturated rings. The van der Waals surface area contributed by atoms with Gasteiger partial charge in [-0.2, -0.15) is 0 Å². The first-order chi connectivity index (χ1) is 12.3. The molecule has 0 radical (unpaired) electrons. The third-order valence-electron chi connectivity index (χ3n) is 3.85. The molecule has 0 saturated carbocycles. The van der Waals surface area contributed by atoms with E-state index >= 15 is 0 Å². The Hall–Kier alpha value is -2.95. The molecule has 136 valence electrons. The van der Waals surface area contributed by atoms with E-state index in [0.717, 1.165) is 22.4 Å². The Balaban J connectivity index is 1.97. The highest BCUT2D eigenvalue weighted by atomic mass is 19.1. The summed E-state index contributed by atoms with van der Waals surface area (Å²) in [6, 6.07) is 9.76. The maximum absolute atomic E-state index is 13.1. The number of nitrogens with one attached hydrogen (secondary N) is 1. The summed E-state index contributed by atoms with van der Waals surface area (Å²) in [7, 11) is 0. The predicted molar refractivity (Wildman–Crippen MR) is 100 cm³/mol. The van der Waals surface area contributed by atoms with Crippen molar-refractivity contribution in [2.75, 3.05) is 5.32 Å². The number of aryl methyl sites for hydroxylation is 3. The molecule has 0 aliphatic heterocycles. The van der Waals surface area contributed by atoms with Crippen molar-refractivity contribution in [2.45, 2.75) is 33.8 Å². The maximum atomic E-state index is 13.1. The topological polar surface area (TPSA) is 55.4 Å². The minimum Gasteiger partial charge on any atom is -0.449 e. The van der Waals surface area contributed by atoms with Crippen LogP contribution in [0.3, 0.4) is 0 Å². The number of amides is 1. The molecule has 0 heterocycles. The van der Waals surface area contributed by atoms with E-state index in [1.165, 1.54) is 31.2 Å². The highest BCUT2D eigenvalue weighted by molar-refractivity contribution is 5.97. The fourth-order valence-electron chi connectivity index (χ4n) is 2.64. The van der Waals surface area contributed by atoms with Crippen LogP contribution in [0.4, 0.5) is 10.1 Å². The first kappa shape index (κ1) is 19.4. The van der Waals surface area contributed by atoms with Crippen LogP contribution >= 0.6 is 0 Å². The van der Waals surface area contributed by atoms with Crippen LogP contribution in [0.1, 0.15) is 29.2 Å². The first-order valence-electron chi connectivity index (χ1n) is 8.29. The maximum Gasteiger partial charge on any atom is 0.331 e. The monoisotopic (exact) mass is 355 g/mol. The lowest BCUT2D eigenvalue weighted by Gasteiger charge is -2.16. The van der Waals surface area contributed by atoms with E-state index in [2.05, 4.69) is 5.32 Å². The average molecular weight is 355 g/mol. The fourth-order valence-corrected chi connectivity index (χ4v) is 2.64. The summed E-state index contributed by atoms with van der Waals surface area (Å²) in [5, 5.41) is 2.80. The molecule has 0 unspecified atom stereocenters. The summed E-state index contributed by atoms with van der Waals surface area (Å²) in [5.74, 6) is -1.47. The molecule has 0 aliphatic carbocycles. The van der Waals surface area contributed by atoms with Crippen LogP contribution in [0.2, 0.25) is 0 Å². The molecule has 26 heavy (non-hydrogen) atoms. The molecule has 1 N–H and O–H groups in total. The van der Waals surface area contributed by atoms with Gasteiger partial charge in [-0.05, 0) is 62.6 Å². The molecule has 0 spiro atoms. The highest BCUT2D eigenvalue weighted by Gasteiger charge is 2.18. The Labute approximate surface area is 152 Å². The van der Waals surface area contributed by atoms with Gasteiger partial charge in [0.25, 0.3) is 5.91 Å². The molecule has 5 heteroatoms. The predicted octanol–water partition coefficient (Wildman–Crippen LogP) is 4.33. The number of carbonyl (C=O) groups is 2. The fraction of sp³-hybridized carbons (Fsp3) is 0.238. The quantitative estimate of drug-likeness (QED) is 0.641. The van der Waals surface area contributed by atoms with Gasteiger partial charge in [0.15, 0.2) is 6.10 Å². The standard InChI is InChI=1S/C21H22FNO3/c1-13-10-14(2)20(15(3)11-13)23-21(25)16(4)26-19(24)9-8-17-6-5-7-18(22)12-17/h5-12,16H,1-4H3,(H,23,25)/b9-8+/t16-/m0/s1. The van der Waals surface area contributed by atoms with E-state index in [9.17, 15) is 14.0 Å². The van der Waals surface area contributed by atoms with Crippen LogP contribution in [-0.2, 0) is 14.3 Å². The molecule has 2 aromatic rings. The highest BCUT2D eigenvalue weighted by Crippen LogP contribution is 2.22. The van der Waals surface area contributed by atoms with E-state index in [1.807, 2.05) is 32.9 Å². The molecule has 0 aliphatic rings. The van der Waals surface area contributed by atoms with Crippen molar-refractivity contribution >= 4 is 23.6 Å². The van der Waals surface area contributed by atoms with E-state index < -0.39 is 23.8 Å². The number of hydrogen-bond acceptors (Lipinski definition) is 3. The zero-order chi connectivity index (χ0) is 19.3. The Morgan fingerprint density at radius 2 is 1.77 bits per heavy atom. The van der Waals surface area contributed by atoms with Crippen molar-refractivity contribution in [1.29, 1.82) is 0 Å². The van der Waals surface area contributed by atoms with Crippen molar-refractivity contribution in [2.24, 2.45) is 0 Å². The summed E-state index contributed by atoms with van der Waals surface area (Å²) in [6.07, 6.45) is 1.64. The normalized spacial score (nSPS) is 12.0. The van der Waals surface area contributed by atoms with Crippen molar-refractivity contribution < 1.29 is 18.7 Å². The minimum atomic E-state index is -0.959. The average Bonchev–Trinajstić information content (AvgIpc) is 2.56. The van der Waals surface area contributed by atoms with Crippen LogP contribution in [0.5, 0.6) is 0 Å². The number of benzene rings is 2. The molecule has 2 aromatic carbocycles. The van der Waals surface area contributed by atoms with Gasteiger partial charge in [-0.1, -0.05) is 29.8 Å². The largest absolute Gasteiger partial charge is 0.449 e. The Morgan fingerprint density at radius 1 is 1.12 bits per heavy atom. The molecular formula is C21H22FNO3. The van der Waals surface area contributed by atoms with Gasteiger partial charge in [-0.25, -0.2) is 9.18 Å². The van der Waals surface area contributed by atoms with E-state index in [4.69, 9.17) is 4.74 Å². The summed E-state index contributed by atoms with van der Waals surface area (Å²) < 4.78 is 18.2. The number of anilines is 1.